The average molecular weight is 435 g/mol. The van der Waals surface area contributed by atoms with Gasteiger partial charge < -0.3 is 5.73 Å². The molecule has 0 spiro atoms. The quantitative estimate of drug-likeness (QED) is 0.477. The van der Waals surface area contributed by atoms with Crippen LogP contribution in [0.25, 0.3) is 5.69 Å². The number of rotatable bonds is 5. The molecule has 9 nitrogen and oxygen atoms in total. The molecule has 1 atom stereocenters. The SMILES string of the molecule is N#C/C(C(N)=O)=C1\SC(Cc2cccc(-n3cnnn3)c2)C(=O)N1c1ccc(F)cc1. The molecule has 0 bridgehead atoms. The molecule has 2 amide bonds. The second kappa shape index (κ2) is 8.37. The molecular formula is C20H14FN7O2S. The van der Waals surface area contributed by atoms with Gasteiger partial charge in [0, 0.05) is 5.69 Å². The zero-order valence-corrected chi connectivity index (χ0v) is 16.7. The van der Waals surface area contributed by atoms with Crippen molar-refractivity contribution in [2.24, 2.45) is 5.73 Å². The smallest absolute Gasteiger partial charge is 0.262 e. The Morgan fingerprint density at radius 1 is 1.23 bits per heavy atom. The minimum Gasteiger partial charge on any atom is -0.365 e. The number of nitriles is 1. The number of aromatic nitrogens is 4. The van der Waals surface area contributed by atoms with Gasteiger partial charge in [-0.15, -0.1) is 5.10 Å². The lowest BCUT2D eigenvalue weighted by molar-refractivity contribution is -0.117. The van der Waals surface area contributed by atoms with Crippen molar-refractivity contribution in [2.75, 3.05) is 4.90 Å². The van der Waals surface area contributed by atoms with E-state index in [1.165, 1.54) is 40.2 Å². The van der Waals surface area contributed by atoms with Crippen LogP contribution in [0.5, 0.6) is 0 Å². The lowest BCUT2D eigenvalue weighted by atomic mass is 10.1. The molecule has 1 saturated heterocycles. The van der Waals surface area contributed by atoms with Crippen LogP contribution in [0.1, 0.15) is 5.56 Å². The van der Waals surface area contributed by atoms with Gasteiger partial charge in [0.05, 0.1) is 10.9 Å². The summed E-state index contributed by atoms with van der Waals surface area (Å²) in [6.45, 7) is 0. The second-order valence-electron chi connectivity index (χ2n) is 6.54. The third-order valence-electron chi connectivity index (χ3n) is 4.55. The Balaban J connectivity index is 1.69. The number of tetrazole rings is 1. The summed E-state index contributed by atoms with van der Waals surface area (Å²) in [7, 11) is 0. The van der Waals surface area contributed by atoms with Crippen molar-refractivity contribution in [1.29, 1.82) is 5.26 Å². The molecule has 1 aromatic heterocycles. The van der Waals surface area contributed by atoms with Gasteiger partial charge in [-0.05, 0) is 58.8 Å². The third kappa shape index (κ3) is 4.01. The first-order valence-electron chi connectivity index (χ1n) is 9.00. The highest BCUT2D eigenvalue weighted by atomic mass is 32.2. The van der Waals surface area contributed by atoms with Crippen molar-refractivity contribution in [3.8, 4) is 11.8 Å². The number of amides is 2. The number of primary amides is 1. The number of halogens is 1. The van der Waals surface area contributed by atoms with E-state index in [0.717, 1.165) is 23.0 Å². The van der Waals surface area contributed by atoms with Gasteiger partial charge in [0.25, 0.3) is 5.91 Å². The van der Waals surface area contributed by atoms with Gasteiger partial charge in [0.1, 0.15) is 28.8 Å². The number of nitrogens with two attached hydrogens (primary N) is 1. The summed E-state index contributed by atoms with van der Waals surface area (Å²) in [4.78, 5) is 26.3. The second-order valence-corrected chi connectivity index (χ2v) is 7.73. The molecule has 1 fully saturated rings. The van der Waals surface area contributed by atoms with Gasteiger partial charge in [-0.3, -0.25) is 14.5 Å². The van der Waals surface area contributed by atoms with E-state index < -0.39 is 17.0 Å². The van der Waals surface area contributed by atoms with E-state index in [0.29, 0.717) is 12.1 Å². The first-order valence-corrected chi connectivity index (χ1v) is 9.88. The number of carbonyl (C=O) groups is 2. The molecule has 0 saturated carbocycles. The molecule has 31 heavy (non-hydrogen) atoms. The number of thioether (sulfide) groups is 1. The Hall–Kier alpha value is -4.04. The highest BCUT2D eigenvalue weighted by Crippen LogP contribution is 2.41. The zero-order valence-electron chi connectivity index (χ0n) is 15.8. The molecule has 1 aliphatic rings. The zero-order chi connectivity index (χ0) is 22.0. The molecule has 0 aliphatic carbocycles. The first-order chi connectivity index (χ1) is 15.0. The van der Waals surface area contributed by atoms with E-state index in [9.17, 15) is 19.2 Å². The van der Waals surface area contributed by atoms with Crippen molar-refractivity contribution >= 4 is 29.3 Å². The van der Waals surface area contributed by atoms with Crippen molar-refractivity contribution in [1.82, 2.24) is 20.2 Å². The van der Waals surface area contributed by atoms with Crippen LogP contribution in [0.15, 0.2) is 65.5 Å². The van der Waals surface area contributed by atoms with Crippen molar-refractivity contribution in [3.63, 3.8) is 0 Å². The monoisotopic (exact) mass is 435 g/mol. The summed E-state index contributed by atoms with van der Waals surface area (Å²) in [5.41, 5.74) is 6.92. The molecule has 154 valence electrons. The van der Waals surface area contributed by atoms with Crippen LogP contribution in [0.3, 0.4) is 0 Å². The first kappa shape index (κ1) is 20.2. The van der Waals surface area contributed by atoms with Gasteiger partial charge >= 0.3 is 0 Å². The summed E-state index contributed by atoms with van der Waals surface area (Å²) in [6.07, 6.45) is 1.77. The van der Waals surface area contributed by atoms with E-state index in [1.54, 1.807) is 6.07 Å². The number of hydrogen-bond donors (Lipinski definition) is 1. The van der Waals surface area contributed by atoms with Crippen molar-refractivity contribution in [2.45, 2.75) is 11.7 Å². The minimum atomic E-state index is -0.939. The molecule has 0 radical (unpaired) electrons. The van der Waals surface area contributed by atoms with Gasteiger partial charge in [-0.1, -0.05) is 23.9 Å². The standard InChI is InChI=1S/C20H14FN7O2S/c21-13-4-6-14(7-5-13)28-19(30)17(31-20(28)16(10-22)18(23)29)9-12-2-1-3-15(8-12)27-11-24-25-26-27/h1-8,11,17H,9H2,(H2,23,29)/b20-16+. The third-order valence-corrected chi connectivity index (χ3v) is 5.82. The van der Waals surface area contributed by atoms with E-state index in [4.69, 9.17) is 5.73 Å². The van der Waals surface area contributed by atoms with Gasteiger partial charge in [0.15, 0.2) is 0 Å². The largest absolute Gasteiger partial charge is 0.365 e. The highest BCUT2D eigenvalue weighted by Gasteiger charge is 2.40. The Morgan fingerprint density at radius 3 is 2.65 bits per heavy atom. The summed E-state index contributed by atoms with van der Waals surface area (Å²) < 4.78 is 14.9. The van der Waals surface area contributed by atoms with Crippen LogP contribution in [-0.2, 0) is 16.0 Å². The van der Waals surface area contributed by atoms with Crippen LogP contribution >= 0.6 is 11.8 Å². The topological polar surface area (TPSA) is 131 Å². The maximum Gasteiger partial charge on any atom is 0.262 e. The normalized spacial score (nSPS) is 17.5. The fourth-order valence-electron chi connectivity index (χ4n) is 3.14. The molecular weight excluding hydrogens is 421 g/mol. The lowest BCUT2D eigenvalue weighted by Crippen LogP contribution is -2.31. The van der Waals surface area contributed by atoms with Crippen molar-refractivity contribution in [3.05, 3.63) is 76.8 Å². The minimum absolute atomic E-state index is 0.133. The Labute approximate surface area is 179 Å². The van der Waals surface area contributed by atoms with Crippen LogP contribution in [0.2, 0.25) is 0 Å². The lowest BCUT2D eigenvalue weighted by Gasteiger charge is -2.18. The molecule has 3 aromatic rings. The van der Waals surface area contributed by atoms with Gasteiger partial charge in [-0.25, -0.2) is 9.07 Å². The fourth-order valence-corrected chi connectivity index (χ4v) is 4.46. The summed E-state index contributed by atoms with van der Waals surface area (Å²) in [5, 5.41) is 20.0. The molecule has 2 N–H and O–H groups in total. The van der Waals surface area contributed by atoms with E-state index in [2.05, 4.69) is 15.5 Å². The predicted molar refractivity (Wildman–Crippen MR) is 110 cm³/mol. The molecule has 1 unspecified atom stereocenters. The Morgan fingerprint density at radius 2 is 2.00 bits per heavy atom. The molecule has 2 heterocycles. The van der Waals surface area contributed by atoms with Crippen molar-refractivity contribution < 1.29 is 14.0 Å². The predicted octanol–water partition coefficient (Wildman–Crippen LogP) is 1.71. The number of anilines is 1. The molecule has 2 aromatic carbocycles. The van der Waals surface area contributed by atoms with Gasteiger partial charge in [-0.2, -0.15) is 5.26 Å². The number of nitrogens with zero attached hydrogens (tertiary/aromatic N) is 6. The van der Waals surface area contributed by atoms with Crippen LogP contribution < -0.4 is 10.6 Å². The number of hydrogen-bond acceptors (Lipinski definition) is 7. The average Bonchev–Trinajstić information content (AvgIpc) is 3.39. The van der Waals surface area contributed by atoms with Gasteiger partial charge in [0.2, 0.25) is 5.91 Å². The fraction of sp³-hybridized carbons (Fsp3) is 0.100. The van der Waals surface area contributed by atoms with E-state index in [-0.39, 0.29) is 16.5 Å². The van der Waals surface area contributed by atoms with Crippen LogP contribution in [0.4, 0.5) is 10.1 Å². The Bertz CT molecular complexity index is 1220. The molecule has 4 rings (SSSR count). The maximum atomic E-state index is 13.4. The van der Waals surface area contributed by atoms with Crippen LogP contribution in [0, 0.1) is 17.1 Å². The number of benzene rings is 2. The Kier molecular flexibility index (Phi) is 5.46. The summed E-state index contributed by atoms with van der Waals surface area (Å²) in [5.74, 6) is -1.75. The molecule has 11 heteroatoms. The highest BCUT2D eigenvalue weighted by molar-refractivity contribution is 8.05. The van der Waals surface area contributed by atoms with E-state index in [1.807, 2.05) is 24.3 Å². The van der Waals surface area contributed by atoms with E-state index >= 15 is 0 Å². The van der Waals surface area contributed by atoms with Crippen LogP contribution in [-0.4, -0.2) is 37.3 Å². The molecule has 1 aliphatic heterocycles. The summed E-state index contributed by atoms with van der Waals surface area (Å²) >= 11 is 1.08. The number of carbonyl (C=O) groups excluding carboxylic acids is 2. The maximum absolute atomic E-state index is 13.4. The summed E-state index contributed by atoms with van der Waals surface area (Å²) in [6, 6.07) is 14.3.